The zero-order valence-corrected chi connectivity index (χ0v) is 21.5. The van der Waals surface area contributed by atoms with Crippen molar-refractivity contribution in [2.24, 2.45) is 0 Å². The summed E-state index contributed by atoms with van der Waals surface area (Å²) in [6.07, 6.45) is 3.09. The van der Waals surface area contributed by atoms with Crippen molar-refractivity contribution in [1.29, 1.82) is 0 Å². The molecule has 1 aliphatic rings. The molecule has 0 fully saturated rings. The van der Waals surface area contributed by atoms with E-state index in [9.17, 15) is 14.4 Å². The SMILES string of the molecule is CCCCc1ccc(N2C(=O)C(Cl)=C(Nc3cccc(C(=O)Nc4ccc(OCC)cc4)c3)C2=O)cc1. The summed E-state index contributed by atoms with van der Waals surface area (Å²) in [4.78, 5) is 39.8. The first kappa shape index (κ1) is 26.0. The van der Waals surface area contributed by atoms with Crippen LogP contribution in [0.4, 0.5) is 17.1 Å². The molecule has 0 bridgehead atoms. The van der Waals surface area contributed by atoms with Crippen LogP contribution in [0.5, 0.6) is 5.75 Å². The lowest BCUT2D eigenvalue weighted by atomic mass is 10.1. The molecule has 7 nitrogen and oxygen atoms in total. The van der Waals surface area contributed by atoms with Crippen LogP contribution in [0, 0.1) is 0 Å². The van der Waals surface area contributed by atoms with Gasteiger partial charge in [0.05, 0.1) is 12.3 Å². The lowest BCUT2D eigenvalue weighted by Crippen LogP contribution is -2.32. The summed E-state index contributed by atoms with van der Waals surface area (Å²) in [6.45, 7) is 4.59. The van der Waals surface area contributed by atoms with Crippen LogP contribution in [0.2, 0.25) is 0 Å². The highest BCUT2D eigenvalue weighted by atomic mass is 35.5. The second-order valence-electron chi connectivity index (χ2n) is 8.52. The average Bonchev–Trinajstić information content (AvgIpc) is 3.12. The number of carbonyl (C=O) groups excluding carboxylic acids is 3. The van der Waals surface area contributed by atoms with Gasteiger partial charge < -0.3 is 15.4 Å². The van der Waals surface area contributed by atoms with Crippen molar-refractivity contribution in [1.82, 2.24) is 0 Å². The molecule has 1 heterocycles. The Morgan fingerprint density at radius 3 is 2.32 bits per heavy atom. The van der Waals surface area contributed by atoms with Gasteiger partial charge in [-0.15, -0.1) is 0 Å². The molecular weight excluding hydrogens is 490 g/mol. The van der Waals surface area contributed by atoms with Crippen molar-refractivity contribution < 1.29 is 19.1 Å². The molecule has 190 valence electrons. The Morgan fingerprint density at radius 2 is 1.65 bits per heavy atom. The van der Waals surface area contributed by atoms with Crippen LogP contribution in [0.3, 0.4) is 0 Å². The Kier molecular flexibility index (Phi) is 8.25. The van der Waals surface area contributed by atoms with Crippen molar-refractivity contribution in [3.8, 4) is 5.75 Å². The van der Waals surface area contributed by atoms with Gasteiger partial charge in [-0.05, 0) is 79.9 Å². The minimum Gasteiger partial charge on any atom is -0.494 e. The number of rotatable bonds is 10. The minimum absolute atomic E-state index is 0.0363. The molecule has 0 aromatic heterocycles. The van der Waals surface area contributed by atoms with Gasteiger partial charge in [0.25, 0.3) is 17.7 Å². The van der Waals surface area contributed by atoms with E-state index >= 15 is 0 Å². The number of anilines is 3. The molecule has 3 aromatic rings. The molecule has 0 unspecified atom stereocenters. The van der Waals surface area contributed by atoms with Gasteiger partial charge in [0.1, 0.15) is 16.5 Å². The van der Waals surface area contributed by atoms with Crippen molar-refractivity contribution in [3.05, 3.63) is 94.7 Å². The molecular formula is C29H28ClN3O4. The predicted octanol–water partition coefficient (Wildman–Crippen LogP) is 6.12. The summed E-state index contributed by atoms with van der Waals surface area (Å²) in [5.74, 6) is -0.763. The maximum Gasteiger partial charge on any atom is 0.283 e. The fourth-order valence-corrected chi connectivity index (χ4v) is 4.14. The van der Waals surface area contributed by atoms with Crippen molar-refractivity contribution >= 4 is 46.4 Å². The number of imide groups is 1. The highest BCUT2D eigenvalue weighted by Gasteiger charge is 2.39. The Hall–Kier alpha value is -4.10. The second kappa shape index (κ2) is 11.8. The summed E-state index contributed by atoms with van der Waals surface area (Å²) in [5.41, 5.74) is 2.99. The molecule has 0 saturated carbocycles. The molecule has 4 rings (SSSR count). The van der Waals surface area contributed by atoms with Crippen LogP contribution in [-0.2, 0) is 16.0 Å². The summed E-state index contributed by atoms with van der Waals surface area (Å²) in [5, 5.41) is 5.55. The van der Waals surface area contributed by atoms with Crippen LogP contribution in [-0.4, -0.2) is 24.3 Å². The fraction of sp³-hybridized carbons (Fsp3) is 0.207. The van der Waals surface area contributed by atoms with Crippen LogP contribution < -0.4 is 20.3 Å². The number of nitrogens with zero attached hydrogens (tertiary/aromatic N) is 1. The molecule has 0 aliphatic carbocycles. The van der Waals surface area contributed by atoms with E-state index < -0.39 is 11.8 Å². The maximum absolute atomic E-state index is 13.1. The van der Waals surface area contributed by atoms with E-state index in [1.54, 1.807) is 60.7 Å². The van der Waals surface area contributed by atoms with E-state index in [1.807, 2.05) is 19.1 Å². The molecule has 0 saturated heterocycles. The van der Waals surface area contributed by atoms with Crippen molar-refractivity contribution in [2.45, 2.75) is 33.1 Å². The maximum atomic E-state index is 13.1. The number of carbonyl (C=O) groups is 3. The van der Waals surface area contributed by atoms with Gasteiger partial charge in [0.15, 0.2) is 0 Å². The van der Waals surface area contributed by atoms with Gasteiger partial charge in [0.2, 0.25) is 0 Å². The van der Waals surface area contributed by atoms with Crippen molar-refractivity contribution in [2.75, 3.05) is 22.1 Å². The quantitative estimate of drug-likeness (QED) is 0.316. The molecule has 0 radical (unpaired) electrons. The largest absolute Gasteiger partial charge is 0.494 e. The molecule has 3 aromatic carbocycles. The van der Waals surface area contributed by atoms with Crippen LogP contribution >= 0.6 is 11.6 Å². The van der Waals surface area contributed by atoms with Gasteiger partial charge in [-0.1, -0.05) is 43.1 Å². The highest BCUT2D eigenvalue weighted by Crippen LogP contribution is 2.30. The first-order valence-electron chi connectivity index (χ1n) is 12.2. The van der Waals surface area contributed by atoms with E-state index in [0.29, 0.717) is 35.0 Å². The third-order valence-corrected chi connectivity index (χ3v) is 6.21. The number of amides is 3. The zero-order chi connectivity index (χ0) is 26.4. The smallest absolute Gasteiger partial charge is 0.283 e. The summed E-state index contributed by atoms with van der Waals surface area (Å²) in [7, 11) is 0. The third-order valence-electron chi connectivity index (χ3n) is 5.86. The number of hydrogen-bond donors (Lipinski definition) is 2. The Labute approximate surface area is 221 Å². The van der Waals surface area contributed by atoms with Gasteiger partial charge in [-0.2, -0.15) is 0 Å². The molecule has 8 heteroatoms. The Morgan fingerprint density at radius 1 is 0.919 bits per heavy atom. The van der Waals surface area contributed by atoms with E-state index in [0.717, 1.165) is 29.7 Å². The summed E-state index contributed by atoms with van der Waals surface area (Å²) < 4.78 is 5.42. The number of nitrogens with one attached hydrogen (secondary N) is 2. The number of hydrogen-bond acceptors (Lipinski definition) is 5. The summed E-state index contributed by atoms with van der Waals surface area (Å²) in [6, 6.07) is 21.0. The number of unbranched alkanes of at least 4 members (excludes halogenated alkanes) is 1. The lowest BCUT2D eigenvalue weighted by molar-refractivity contribution is -0.120. The first-order valence-corrected chi connectivity index (χ1v) is 12.6. The van der Waals surface area contributed by atoms with Crippen LogP contribution in [0.25, 0.3) is 0 Å². The van der Waals surface area contributed by atoms with E-state index in [-0.39, 0.29) is 16.6 Å². The monoisotopic (exact) mass is 517 g/mol. The molecule has 37 heavy (non-hydrogen) atoms. The molecule has 1 aliphatic heterocycles. The molecule has 0 atom stereocenters. The van der Waals surface area contributed by atoms with Crippen LogP contribution in [0.1, 0.15) is 42.6 Å². The predicted molar refractivity (Wildman–Crippen MR) is 146 cm³/mol. The summed E-state index contributed by atoms with van der Waals surface area (Å²) >= 11 is 6.28. The number of halogens is 1. The van der Waals surface area contributed by atoms with Crippen molar-refractivity contribution in [3.63, 3.8) is 0 Å². The lowest BCUT2D eigenvalue weighted by Gasteiger charge is -2.16. The first-order chi connectivity index (χ1) is 17.9. The molecule has 2 N–H and O–H groups in total. The minimum atomic E-state index is -0.597. The van der Waals surface area contributed by atoms with Gasteiger partial charge in [-0.3, -0.25) is 14.4 Å². The van der Waals surface area contributed by atoms with Gasteiger partial charge >= 0.3 is 0 Å². The van der Waals surface area contributed by atoms with Gasteiger partial charge in [0, 0.05) is 16.9 Å². The Bertz CT molecular complexity index is 1330. The number of benzene rings is 3. The normalized spacial score (nSPS) is 13.2. The zero-order valence-electron chi connectivity index (χ0n) is 20.7. The fourth-order valence-electron chi connectivity index (χ4n) is 3.93. The average molecular weight is 518 g/mol. The second-order valence-corrected chi connectivity index (χ2v) is 8.90. The number of aryl methyl sites for hydroxylation is 1. The highest BCUT2D eigenvalue weighted by molar-refractivity contribution is 6.53. The van der Waals surface area contributed by atoms with E-state index in [2.05, 4.69) is 17.6 Å². The Balaban J connectivity index is 1.46. The van der Waals surface area contributed by atoms with Crippen LogP contribution in [0.15, 0.2) is 83.5 Å². The molecule has 3 amide bonds. The standard InChI is InChI=1S/C29H28ClN3O4/c1-3-5-7-19-10-14-23(15-11-19)33-28(35)25(30)26(29(33)36)31-22-9-6-8-20(18-22)27(34)32-21-12-16-24(17-13-21)37-4-2/h6,8-18,31H,3-5,7H2,1-2H3,(H,32,34). The number of ether oxygens (including phenoxy) is 1. The topological polar surface area (TPSA) is 87.7 Å². The molecule has 0 spiro atoms. The van der Waals surface area contributed by atoms with E-state index in [4.69, 9.17) is 16.3 Å². The van der Waals surface area contributed by atoms with Gasteiger partial charge in [-0.25, -0.2) is 4.90 Å². The third kappa shape index (κ3) is 6.01. The van der Waals surface area contributed by atoms with E-state index in [1.165, 1.54) is 0 Å².